The first kappa shape index (κ1) is 20.0. The third kappa shape index (κ3) is 3.21. The monoisotopic (exact) mass is 424 g/mol. The number of fused-ring (bicyclic) bond motifs is 2. The van der Waals surface area contributed by atoms with Gasteiger partial charge in [0, 0.05) is 11.8 Å². The van der Waals surface area contributed by atoms with Crippen LogP contribution in [0.15, 0.2) is 109 Å². The molecule has 33 heavy (non-hydrogen) atoms. The highest BCUT2D eigenvalue weighted by Crippen LogP contribution is 2.61. The summed E-state index contributed by atoms with van der Waals surface area (Å²) in [4.78, 5) is 0. The highest BCUT2D eigenvalue weighted by molar-refractivity contribution is 5.95. The van der Waals surface area contributed by atoms with E-state index in [1.165, 1.54) is 44.5 Å². The fourth-order valence-corrected chi connectivity index (χ4v) is 6.18. The van der Waals surface area contributed by atoms with Gasteiger partial charge < -0.3 is 0 Å². The lowest BCUT2D eigenvalue weighted by atomic mass is 9.61. The topological polar surface area (TPSA) is 0 Å². The Morgan fingerprint density at radius 2 is 0.818 bits per heavy atom. The van der Waals surface area contributed by atoms with Crippen molar-refractivity contribution < 1.29 is 0 Å². The second-order valence-electron chi connectivity index (χ2n) is 9.88. The van der Waals surface area contributed by atoms with Gasteiger partial charge in [-0.1, -0.05) is 135 Å². The van der Waals surface area contributed by atoms with Crippen molar-refractivity contribution in [2.45, 2.75) is 25.7 Å². The molecule has 6 rings (SSSR count). The van der Waals surface area contributed by atoms with E-state index in [-0.39, 0.29) is 5.41 Å². The zero-order chi connectivity index (χ0) is 22.4. The molecule has 0 aliphatic heterocycles. The summed E-state index contributed by atoms with van der Waals surface area (Å²) in [6, 6.07) is 39.8. The molecule has 0 saturated carbocycles. The van der Waals surface area contributed by atoms with Gasteiger partial charge in [-0.2, -0.15) is 0 Å². The van der Waals surface area contributed by atoms with Crippen molar-refractivity contribution in [2.75, 3.05) is 0 Å². The zero-order valence-electron chi connectivity index (χ0n) is 19.2. The summed E-state index contributed by atoms with van der Waals surface area (Å²) in [6.45, 7) is 4.94. The van der Waals surface area contributed by atoms with Gasteiger partial charge in [0.2, 0.25) is 0 Å². The predicted molar refractivity (Wildman–Crippen MR) is 141 cm³/mol. The van der Waals surface area contributed by atoms with Crippen molar-refractivity contribution in [3.05, 3.63) is 143 Å². The number of rotatable bonds is 4. The highest BCUT2D eigenvalue weighted by Gasteiger charge is 2.47. The van der Waals surface area contributed by atoms with E-state index in [9.17, 15) is 0 Å². The Bertz CT molecular complexity index is 1260. The van der Waals surface area contributed by atoms with E-state index in [2.05, 4.69) is 135 Å². The van der Waals surface area contributed by atoms with E-state index in [0.29, 0.717) is 11.8 Å². The fourth-order valence-electron chi connectivity index (χ4n) is 6.18. The van der Waals surface area contributed by atoms with Crippen LogP contribution < -0.4 is 0 Å². The number of hydrogen-bond donors (Lipinski definition) is 0. The number of hydrogen-bond acceptors (Lipinski definition) is 0. The first-order chi connectivity index (χ1) is 16.1. The molecule has 2 aliphatic carbocycles. The molecule has 2 atom stereocenters. The molecule has 0 N–H and O–H groups in total. The molecule has 4 aromatic rings. The normalized spacial score (nSPS) is 19.0. The van der Waals surface area contributed by atoms with Crippen molar-refractivity contribution in [3.63, 3.8) is 0 Å². The van der Waals surface area contributed by atoms with Gasteiger partial charge in [0.05, 0.1) is 0 Å². The molecular formula is C33H28. The minimum Gasteiger partial charge on any atom is -0.0622 e. The second kappa shape index (κ2) is 7.74. The van der Waals surface area contributed by atoms with Gasteiger partial charge >= 0.3 is 0 Å². The van der Waals surface area contributed by atoms with Crippen LogP contribution >= 0.6 is 0 Å². The maximum atomic E-state index is 2.47. The molecule has 160 valence electrons. The van der Waals surface area contributed by atoms with Crippen LogP contribution in [0.4, 0.5) is 0 Å². The second-order valence-corrected chi connectivity index (χ2v) is 9.88. The van der Waals surface area contributed by atoms with E-state index < -0.39 is 0 Å². The maximum Gasteiger partial charge on any atom is 0.0162 e. The van der Waals surface area contributed by atoms with Crippen molar-refractivity contribution >= 4 is 23.3 Å². The molecular weight excluding hydrogens is 396 g/mol. The molecule has 0 radical (unpaired) electrons. The highest BCUT2D eigenvalue weighted by atomic mass is 14.5. The molecule has 0 heterocycles. The third-order valence-electron chi connectivity index (χ3n) is 7.56. The number of allylic oxidation sites excluding steroid dienone is 2. The van der Waals surface area contributed by atoms with Crippen molar-refractivity contribution in [3.8, 4) is 0 Å². The van der Waals surface area contributed by atoms with Crippen LogP contribution in [0.25, 0.3) is 23.3 Å². The molecule has 0 heteroatoms. The van der Waals surface area contributed by atoms with Crippen LogP contribution in [-0.4, -0.2) is 0 Å². The lowest BCUT2D eigenvalue weighted by Crippen LogP contribution is -2.30. The average Bonchev–Trinajstić information content (AvgIpc) is 3.45. The standard InChI is InChI=1S/C33H28/c1-33(2,31-27-19-11-9-17-25(27)21-29(31)23-13-5-3-6-14-23)32-28-20-12-10-18-26(28)22-30(32)24-15-7-4-8-16-24/h3-22,31-32H,1-2H3. The van der Waals surface area contributed by atoms with Crippen molar-refractivity contribution in [2.24, 2.45) is 5.41 Å². The first-order valence-electron chi connectivity index (χ1n) is 11.9. The van der Waals surface area contributed by atoms with Crippen LogP contribution in [0.5, 0.6) is 0 Å². The Kier molecular flexibility index (Phi) is 4.69. The fraction of sp³-hybridized carbons (Fsp3) is 0.152. The summed E-state index contributed by atoms with van der Waals surface area (Å²) < 4.78 is 0. The Hall–Kier alpha value is -3.64. The molecule has 0 amide bonds. The SMILES string of the molecule is CC(C)(C1C(c2ccccc2)=Cc2ccccc21)C1C(c2ccccc2)=Cc2ccccc21. The van der Waals surface area contributed by atoms with Gasteiger partial charge in [0.15, 0.2) is 0 Å². The lowest BCUT2D eigenvalue weighted by Gasteiger charge is -2.42. The van der Waals surface area contributed by atoms with Gasteiger partial charge in [-0.15, -0.1) is 0 Å². The van der Waals surface area contributed by atoms with Crippen LogP contribution in [0, 0.1) is 5.41 Å². The predicted octanol–water partition coefficient (Wildman–Crippen LogP) is 8.69. The molecule has 2 aliphatic rings. The summed E-state index contributed by atoms with van der Waals surface area (Å²) in [5.41, 5.74) is 11.1. The Morgan fingerprint density at radius 3 is 1.24 bits per heavy atom. The largest absolute Gasteiger partial charge is 0.0622 e. The molecule has 0 spiro atoms. The lowest BCUT2D eigenvalue weighted by molar-refractivity contribution is 0.304. The summed E-state index contributed by atoms with van der Waals surface area (Å²) in [5, 5.41) is 0. The van der Waals surface area contributed by atoms with E-state index in [0.717, 1.165) is 0 Å². The Labute approximate surface area is 196 Å². The van der Waals surface area contributed by atoms with E-state index >= 15 is 0 Å². The van der Waals surface area contributed by atoms with Gasteiger partial charge in [-0.3, -0.25) is 0 Å². The van der Waals surface area contributed by atoms with E-state index in [1.807, 2.05) is 0 Å². The van der Waals surface area contributed by atoms with Gasteiger partial charge in [-0.25, -0.2) is 0 Å². The zero-order valence-corrected chi connectivity index (χ0v) is 19.2. The molecule has 0 aromatic heterocycles. The third-order valence-corrected chi connectivity index (χ3v) is 7.56. The molecule has 0 saturated heterocycles. The van der Waals surface area contributed by atoms with Crippen molar-refractivity contribution in [1.82, 2.24) is 0 Å². The molecule has 0 bridgehead atoms. The molecule has 0 fully saturated rings. The maximum absolute atomic E-state index is 2.47. The van der Waals surface area contributed by atoms with Gasteiger partial charge in [0.1, 0.15) is 0 Å². The van der Waals surface area contributed by atoms with Crippen LogP contribution in [0.3, 0.4) is 0 Å². The molecule has 0 nitrogen and oxygen atoms in total. The Balaban J connectivity index is 1.54. The summed E-state index contributed by atoms with van der Waals surface area (Å²) in [6.07, 6.45) is 4.84. The summed E-state index contributed by atoms with van der Waals surface area (Å²) in [5.74, 6) is 0.610. The molecule has 4 aromatic carbocycles. The van der Waals surface area contributed by atoms with Crippen LogP contribution in [0.2, 0.25) is 0 Å². The Morgan fingerprint density at radius 1 is 0.455 bits per heavy atom. The van der Waals surface area contributed by atoms with Crippen LogP contribution in [-0.2, 0) is 0 Å². The summed E-state index contributed by atoms with van der Waals surface area (Å²) >= 11 is 0. The van der Waals surface area contributed by atoms with Gasteiger partial charge in [-0.05, 0) is 49.9 Å². The molecule has 2 unspecified atom stereocenters. The average molecular weight is 425 g/mol. The summed E-state index contributed by atoms with van der Waals surface area (Å²) in [7, 11) is 0. The minimum atomic E-state index is -0.0391. The van der Waals surface area contributed by atoms with Gasteiger partial charge in [0.25, 0.3) is 0 Å². The smallest absolute Gasteiger partial charge is 0.0162 e. The van der Waals surface area contributed by atoms with E-state index in [1.54, 1.807) is 0 Å². The van der Waals surface area contributed by atoms with E-state index in [4.69, 9.17) is 0 Å². The quantitative estimate of drug-likeness (QED) is 0.307. The van der Waals surface area contributed by atoms with Crippen molar-refractivity contribution in [1.29, 1.82) is 0 Å². The minimum absolute atomic E-state index is 0.0391. The van der Waals surface area contributed by atoms with Crippen LogP contribution in [0.1, 0.15) is 59.1 Å². The first-order valence-corrected chi connectivity index (χ1v) is 11.9. The number of benzene rings is 4.